The average molecular weight is 287 g/mol. The number of allylic oxidation sites excluding steroid dienone is 1. The first-order chi connectivity index (χ1) is 10.9. The summed E-state index contributed by atoms with van der Waals surface area (Å²) in [6.07, 6.45) is 6.82. The molecule has 0 amide bonds. The summed E-state index contributed by atoms with van der Waals surface area (Å²) in [4.78, 5) is 4.55. The van der Waals surface area contributed by atoms with Crippen molar-refractivity contribution in [3.63, 3.8) is 0 Å². The second-order valence-corrected chi connectivity index (χ2v) is 5.63. The summed E-state index contributed by atoms with van der Waals surface area (Å²) in [5.74, 6) is 0.388. The minimum absolute atomic E-state index is 0.0498. The summed E-state index contributed by atoms with van der Waals surface area (Å²) >= 11 is 0. The number of benzene rings is 2. The van der Waals surface area contributed by atoms with Gasteiger partial charge in [-0.3, -0.25) is 4.98 Å². The zero-order chi connectivity index (χ0) is 14.8. The lowest BCUT2D eigenvalue weighted by Gasteiger charge is -2.26. The van der Waals surface area contributed by atoms with Crippen molar-refractivity contribution in [3.8, 4) is 0 Å². The number of nitrogens with zero attached hydrogens (tertiary/aromatic N) is 1. The molecule has 0 aliphatic carbocycles. The summed E-state index contributed by atoms with van der Waals surface area (Å²) < 4.78 is 5.90. The minimum atomic E-state index is 0.0498. The van der Waals surface area contributed by atoms with Gasteiger partial charge in [-0.05, 0) is 24.1 Å². The minimum Gasteiger partial charge on any atom is -0.494 e. The number of aromatic nitrogens is 1. The lowest BCUT2D eigenvalue weighted by atomic mass is 9.88. The third kappa shape index (κ3) is 2.37. The van der Waals surface area contributed by atoms with Gasteiger partial charge >= 0.3 is 0 Å². The molecule has 2 heterocycles. The van der Waals surface area contributed by atoms with E-state index in [2.05, 4.69) is 65.7 Å². The quantitative estimate of drug-likeness (QED) is 0.662. The average Bonchev–Trinajstić information content (AvgIpc) is 2.62. The van der Waals surface area contributed by atoms with Gasteiger partial charge in [0, 0.05) is 23.1 Å². The van der Waals surface area contributed by atoms with E-state index in [9.17, 15) is 0 Å². The van der Waals surface area contributed by atoms with Crippen LogP contribution in [-0.2, 0) is 4.74 Å². The van der Waals surface area contributed by atoms with E-state index in [4.69, 9.17) is 4.74 Å². The highest BCUT2D eigenvalue weighted by Gasteiger charge is 2.23. The fraction of sp³-hybridized carbons (Fsp3) is 0.150. The molecule has 0 bridgehead atoms. The van der Waals surface area contributed by atoms with Crippen LogP contribution in [-0.4, -0.2) is 4.98 Å². The van der Waals surface area contributed by atoms with Crippen LogP contribution >= 0.6 is 0 Å². The zero-order valence-electron chi connectivity index (χ0n) is 12.2. The van der Waals surface area contributed by atoms with E-state index < -0.39 is 0 Å². The normalized spacial score (nSPS) is 20.7. The molecule has 0 unspecified atom stereocenters. The van der Waals surface area contributed by atoms with Gasteiger partial charge in [0.05, 0.1) is 11.8 Å². The van der Waals surface area contributed by atoms with Gasteiger partial charge in [0.15, 0.2) is 0 Å². The Morgan fingerprint density at radius 1 is 0.909 bits per heavy atom. The molecule has 1 aliphatic rings. The molecule has 0 fully saturated rings. The van der Waals surface area contributed by atoms with Crippen molar-refractivity contribution < 1.29 is 4.74 Å². The number of hydrogen-bond donors (Lipinski definition) is 0. The van der Waals surface area contributed by atoms with Crippen LogP contribution in [0.25, 0.3) is 10.9 Å². The molecule has 1 aliphatic heterocycles. The van der Waals surface area contributed by atoms with E-state index in [0.717, 1.165) is 17.3 Å². The number of fused-ring (bicyclic) bond motifs is 1. The predicted octanol–water partition coefficient (Wildman–Crippen LogP) is 4.99. The molecule has 0 saturated heterocycles. The van der Waals surface area contributed by atoms with Crippen LogP contribution in [0.3, 0.4) is 0 Å². The molecule has 4 rings (SSSR count). The highest BCUT2D eigenvalue weighted by atomic mass is 16.5. The molecular weight excluding hydrogens is 270 g/mol. The number of rotatable bonds is 2. The summed E-state index contributed by atoms with van der Waals surface area (Å²) in [5.41, 5.74) is 3.54. The topological polar surface area (TPSA) is 22.1 Å². The van der Waals surface area contributed by atoms with Crippen molar-refractivity contribution >= 4 is 10.9 Å². The predicted molar refractivity (Wildman–Crippen MR) is 88.5 cm³/mol. The van der Waals surface area contributed by atoms with E-state index in [1.165, 1.54) is 11.1 Å². The molecule has 0 saturated carbocycles. The second-order valence-electron chi connectivity index (χ2n) is 5.63. The van der Waals surface area contributed by atoms with Crippen LogP contribution in [0.5, 0.6) is 0 Å². The van der Waals surface area contributed by atoms with Crippen molar-refractivity contribution in [2.75, 3.05) is 0 Å². The summed E-state index contributed by atoms with van der Waals surface area (Å²) in [5, 5.41) is 1.16. The Morgan fingerprint density at radius 2 is 1.77 bits per heavy atom. The molecule has 22 heavy (non-hydrogen) atoms. The van der Waals surface area contributed by atoms with Crippen LogP contribution < -0.4 is 0 Å². The molecule has 3 aromatic rings. The maximum atomic E-state index is 5.90. The van der Waals surface area contributed by atoms with Gasteiger partial charge in [0.1, 0.15) is 6.10 Å². The maximum absolute atomic E-state index is 5.90. The monoisotopic (exact) mass is 287 g/mol. The largest absolute Gasteiger partial charge is 0.494 e. The number of hydrogen-bond acceptors (Lipinski definition) is 2. The van der Waals surface area contributed by atoms with Crippen molar-refractivity contribution in [2.45, 2.75) is 18.4 Å². The molecule has 2 aromatic carbocycles. The SMILES string of the molecule is C1=C[C@@H](c2ccccc2)C[C@@H](c2cccc3cccnc23)O1. The lowest BCUT2D eigenvalue weighted by Crippen LogP contribution is -2.11. The van der Waals surface area contributed by atoms with Gasteiger partial charge in [-0.15, -0.1) is 0 Å². The standard InChI is InChI=1S/C20H17NO/c1-2-6-15(7-3-1)17-11-13-22-19(14-17)18-10-4-8-16-9-5-12-21-20(16)18/h1-13,17,19H,14H2/t17-,19+/m1/s1. The molecule has 2 nitrogen and oxygen atoms in total. The molecular formula is C20H17NO. The van der Waals surface area contributed by atoms with Gasteiger partial charge in [-0.1, -0.05) is 54.6 Å². The summed E-state index contributed by atoms with van der Waals surface area (Å²) in [6, 6.07) is 21.0. The third-order valence-corrected chi connectivity index (χ3v) is 4.26. The maximum Gasteiger partial charge on any atom is 0.126 e. The Balaban J connectivity index is 1.70. The number of ether oxygens (including phenoxy) is 1. The number of pyridine rings is 1. The van der Waals surface area contributed by atoms with E-state index in [0.29, 0.717) is 5.92 Å². The fourth-order valence-electron chi connectivity index (χ4n) is 3.14. The Kier molecular flexibility index (Phi) is 3.36. The molecule has 108 valence electrons. The van der Waals surface area contributed by atoms with Gasteiger partial charge < -0.3 is 4.74 Å². The lowest BCUT2D eigenvalue weighted by molar-refractivity contribution is 0.119. The van der Waals surface area contributed by atoms with Gasteiger partial charge in [0.2, 0.25) is 0 Å². The molecule has 1 aromatic heterocycles. The Morgan fingerprint density at radius 3 is 2.68 bits per heavy atom. The molecule has 2 heteroatoms. The van der Waals surface area contributed by atoms with E-state index in [-0.39, 0.29) is 6.10 Å². The van der Waals surface area contributed by atoms with E-state index in [1.54, 1.807) is 0 Å². The molecule has 2 atom stereocenters. The smallest absolute Gasteiger partial charge is 0.126 e. The third-order valence-electron chi connectivity index (χ3n) is 4.26. The Bertz CT molecular complexity index is 805. The second kappa shape index (κ2) is 5.64. The Labute approximate surface area is 130 Å². The van der Waals surface area contributed by atoms with Gasteiger partial charge in [-0.2, -0.15) is 0 Å². The summed E-state index contributed by atoms with van der Waals surface area (Å²) in [6.45, 7) is 0. The zero-order valence-corrected chi connectivity index (χ0v) is 12.2. The molecule has 0 radical (unpaired) electrons. The Hall–Kier alpha value is -2.61. The van der Waals surface area contributed by atoms with Gasteiger partial charge in [0.25, 0.3) is 0 Å². The van der Waals surface area contributed by atoms with Gasteiger partial charge in [-0.25, -0.2) is 0 Å². The highest BCUT2D eigenvalue weighted by Crippen LogP contribution is 2.37. The molecule has 0 N–H and O–H groups in total. The van der Waals surface area contributed by atoms with Crippen LogP contribution in [0.4, 0.5) is 0 Å². The van der Waals surface area contributed by atoms with Crippen LogP contribution in [0, 0.1) is 0 Å². The first-order valence-corrected chi connectivity index (χ1v) is 7.62. The first-order valence-electron chi connectivity index (χ1n) is 7.62. The van der Waals surface area contributed by atoms with Crippen molar-refractivity contribution in [2.24, 2.45) is 0 Å². The first kappa shape index (κ1) is 13.1. The van der Waals surface area contributed by atoms with Crippen LogP contribution in [0.2, 0.25) is 0 Å². The summed E-state index contributed by atoms with van der Waals surface area (Å²) in [7, 11) is 0. The molecule has 0 spiro atoms. The van der Waals surface area contributed by atoms with Crippen LogP contribution in [0.15, 0.2) is 79.2 Å². The fourth-order valence-corrected chi connectivity index (χ4v) is 3.14. The number of para-hydroxylation sites is 1. The highest BCUT2D eigenvalue weighted by molar-refractivity contribution is 5.81. The van der Waals surface area contributed by atoms with Crippen molar-refractivity contribution in [1.82, 2.24) is 4.98 Å². The van der Waals surface area contributed by atoms with Crippen LogP contribution in [0.1, 0.15) is 29.6 Å². The van der Waals surface area contributed by atoms with E-state index >= 15 is 0 Å². The van der Waals surface area contributed by atoms with E-state index in [1.807, 2.05) is 18.5 Å². The van der Waals surface area contributed by atoms with Crippen molar-refractivity contribution in [1.29, 1.82) is 0 Å². The van der Waals surface area contributed by atoms with Crippen molar-refractivity contribution in [3.05, 3.63) is 90.3 Å².